The Morgan fingerprint density at radius 3 is 2.48 bits per heavy atom. The summed E-state index contributed by atoms with van der Waals surface area (Å²) in [6, 6.07) is 10.5. The number of nitrogens with one attached hydrogen (secondary N) is 1. The van der Waals surface area contributed by atoms with Gasteiger partial charge >= 0.3 is 0 Å². The van der Waals surface area contributed by atoms with E-state index in [-0.39, 0.29) is 16.5 Å². The van der Waals surface area contributed by atoms with Gasteiger partial charge in [-0.2, -0.15) is 0 Å². The zero-order chi connectivity index (χ0) is 22.8. The van der Waals surface area contributed by atoms with E-state index in [2.05, 4.69) is 0 Å². The van der Waals surface area contributed by atoms with Crippen molar-refractivity contribution in [2.24, 2.45) is 0 Å². The van der Waals surface area contributed by atoms with Crippen LogP contribution in [0.25, 0.3) is 5.57 Å². The van der Waals surface area contributed by atoms with Crippen LogP contribution in [0.5, 0.6) is 5.75 Å². The summed E-state index contributed by atoms with van der Waals surface area (Å²) < 4.78 is 46.6. The highest BCUT2D eigenvalue weighted by Gasteiger charge is 2.35. The molecule has 0 saturated heterocycles. The Kier molecular flexibility index (Phi) is 6.71. The van der Waals surface area contributed by atoms with Crippen molar-refractivity contribution in [3.8, 4) is 5.75 Å². The summed E-state index contributed by atoms with van der Waals surface area (Å²) in [5.41, 5.74) is 3.16. The van der Waals surface area contributed by atoms with Gasteiger partial charge in [-0.1, -0.05) is 17.7 Å². The zero-order valence-electron chi connectivity index (χ0n) is 17.6. The van der Waals surface area contributed by atoms with Crippen molar-refractivity contribution in [3.63, 3.8) is 0 Å². The number of nitrogens with zero attached hydrogens (tertiary/aromatic N) is 1. The van der Waals surface area contributed by atoms with Crippen molar-refractivity contribution >= 4 is 33.2 Å². The summed E-state index contributed by atoms with van der Waals surface area (Å²) in [6.07, 6.45) is 5.06. The number of aryl methyl sites for hydroxylation is 1. The summed E-state index contributed by atoms with van der Waals surface area (Å²) in [5.74, 6) is -0.399. The van der Waals surface area contributed by atoms with Gasteiger partial charge in [0, 0.05) is 29.0 Å². The second kappa shape index (κ2) is 9.11. The summed E-state index contributed by atoms with van der Waals surface area (Å²) in [5, 5.41) is 10.6. The molecule has 31 heavy (non-hydrogen) atoms. The van der Waals surface area contributed by atoms with E-state index < -0.39 is 15.8 Å². The minimum atomic E-state index is -4.00. The number of thioether (sulfide) groups is 1. The summed E-state index contributed by atoms with van der Waals surface area (Å²) in [4.78, 5) is 0.0853. The van der Waals surface area contributed by atoms with Gasteiger partial charge in [0.1, 0.15) is 17.4 Å². The van der Waals surface area contributed by atoms with Gasteiger partial charge in [-0.25, -0.2) is 17.1 Å². The van der Waals surface area contributed by atoms with Crippen LogP contribution < -0.4 is 4.74 Å². The molecule has 1 aliphatic heterocycles. The monoisotopic (exact) mass is 458 g/mol. The fourth-order valence-electron chi connectivity index (χ4n) is 3.21. The van der Waals surface area contributed by atoms with E-state index in [9.17, 15) is 12.8 Å². The number of amidine groups is 1. The molecule has 0 aromatic heterocycles. The Labute approximate surface area is 186 Å². The van der Waals surface area contributed by atoms with Gasteiger partial charge in [0.25, 0.3) is 10.0 Å². The molecule has 3 rings (SSSR count). The third kappa shape index (κ3) is 4.60. The van der Waals surface area contributed by atoms with Crippen LogP contribution in [0.2, 0.25) is 0 Å². The molecule has 1 N–H and O–H groups in total. The molecule has 162 valence electrons. The average molecular weight is 459 g/mol. The van der Waals surface area contributed by atoms with Crippen molar-refractivity contribution in [1.82, 2.24) is 4.31 Å². The summed E-state index contributed by atoms with van der Waals surface area (Å²) >= 11 is 1.50. The SMILES string of the molecule is COc1cc(F)ccc1C1=CN(S(=O)(=O)c2ccc(C)cc2)C(=N)/C1=C/C(C)=C/SC. The molecule has 1 aliphatic rings. The van der Waals surface area contributed by atoms with Crippen LogP contribution in [0.4, 0.5) is 4.39 Å². The maximum absolute atomic E-state index is 13.8. The van der Waals surface area contributed by atoms with Crippen LogP contribution in [-0.2, 0) is 10.0 Å². The van der Waals surface area contributed by atoms with Crippen molar-refractivity contribution in [2.45, 2.75) is 18.7 Å². The standard InChI is InChI=1S/C23H23FN2O3S2/c1-15-5-8-18(9-6-15)31(27,28)26-13-21(19-10-7-17(24)12-22(19)29-3)20(23(26)25)11-16(2)14-30-4/h5-14,25H,1-4H3/b16-14+,20-11+,25-23?. The lowest BCUT2D eigenvalue weighted by Crippen LogP contribution is -2.29. The highest BCUT2D eigenvalue weighted by Crippen LogP contribution is 2.39. The van der Waals surface area contributed by atoms with Crippen LogP contribution in [-0.4, -0.2) is 31.9 Å². The molecule has 8 heteroatoms. The lowest BCUT2D eigenvalue weighted by Gasteiger charge is -2.17. The molecule has 2 aromatic carbocycles. The van der Waals surface area contributed by atoms with Gasteiger partial charge in [0.2, 0.25) is 0 Å². The minimum Gasteiger partial charge on any atom is -0.496 e. The molecule has 0 fully saturated rings. The largest absolute Gasteiger partial charge is 0.496 e. The molecule has 0 atom stereocenters. The molecule has 0 saturated carbocycles. The molecule has 2 aromatic rings. The first-order valence-electron chi connectivity index (χ1n) is 9.36. The smallest absolute Gasteiger partial charge is 0.269 e. The molecule has 0 bridgehead atoms. The first-order chi connectivity index (χ1) is 14.7. The normalized spacial score (nSPS) is 16.1. The Morgan fingerprint density at radius 2 is 1.87 bits per heavy atom. The van der Waals surface area contributed by atoms with Crippen LogP contribution in [0.15, 0.2) is 76.2 Å². The second-order valence-corrected chi connectivity index (χ2v) is 9.53. The van der Waals surface area contributed by atoms with E-state index >= 15 is 0 Å². The number of ether oxygens (including phenoxy) is 1. The van der Waals surface area contributed by atoms with Crippen LogP contribution >= 0.6 is 11.8 Å². The number of benzene rings is 2. The quantitative estimate of drug-likeness (QED) is 0.633. The van der Waals surface area contributed by atoms with Gasteiger partial charge in [0.05, 0.1) is 12.0 Å². The van der Waals surface area contributed by atoms with E-state index in [1.165, 1.54) is 55.4 Å². The number of hydrogen-bond donors (Lipinski definition) is 1. The third-order valence-corrected chi connectivity index (χ3v) is 7.00. The average Bonchev–Trinajstić information content (AvgIpc) is 3.05. The second-order valence-electron chi connectivity index (χ2n) is 7.01. The molecule has 5 nitrogen and oxygen atoms in total. The number of sulfonamides is 1. The van der Waals surface area contributed by atoms with Gasteiger partial charge < -0.3 is 4.74 Å². The van der Waals surface area contributed by atoms with E-state index in [1.807, 2.05) is 25.5 Å². The predicted molar refractivity (Wildman–Crippen MR) is 124 cm³/mol. The van der Waals surface area contributed by atoms with E-state index in [1.54, 1.807) is 18.2 Å². The van der Waals surface area contributed by atoms with Crippen LogP contribution in [0.3, 0.4) is 0 Å². The molecular formula is C23H23FN2O3S2. The van der Waals surface area contributed by atoms with E-state index in [4.69, 9.17) is 10.1 Å². The summed E-state index contributed by atoms with van der Waals surface area (Å²) in [6.45, 7) is 3.74. The lowest BCUT2D eigenvalue weighted by atomic mass is 9.97. The van der Waals surface area contributed by atoms with E-state index in [0.717, 1.165) is 15.4 Å². The molecule has 1 heterocycles. The van der Waals surface area contributed by atoms with Gasteiger partial charge in [-0.3, -0.25) is 5.41 Å². The zero-order valence-corrected chi connectivity index (χ0v) is 19.3. The highest BCUT2D eigenvalue weighted by atomic mass is 32.2. The third-order valence-electron chi connectivity index (χ3n) is 4.72. The molecule has 0 aliphatic carbocycles. The van der Waals surface area contributed by atoms with Gasteiger partial charge in [-0.15, -0.1) is 11.8 Å². The maximum Gasteiger partial charge on any atom is 0.269 e. The molecule has 0 unspecified atom stereocenters. The maximum atomic E-state index is 13.8. The molecular weight excluding hydrogens is 435 g/mol. The number of rotatable bonds is 6. The lowest BCUT2D eigenvalue weighted by molar-refractivity contribution is 0.410. The van der Waals surface area contributed by atoms with Crippen molar-refractivity contribution in [3.05, 3.63) is 88.2 Å². The van der Waals surface area contributed by atoms with Gasteiger partial charge in [-0.05, 0) is 61.4 Å². The Bertz CT molecular complexity index is 1210. The topological polar surface area (TPSA) is 70.5 Å². The van der Waals surface area contributed by atoms with Crippen molar-refractivity contribution in [1.29, 1.82) is 5.41 Å². The first kappa shape index (κ1) is 22.8. The Hall–Kier alpha value is -2.84. The predicted octanol–water partition coefficient (Wildman–Crippen LogP) is 5.36. The van der Waals surface area contributed by atoms with Gasteiger partial charge in [0.15, 0.2) is 0 Å². The molecule has 0 radical (unpaired) electrons. The number of halogens is 1. The highest BCUT2D eigenvalue weighted by molar-refractivity contribution is 8.01. The van der Waals surface area contributed by atoms with Crippen molar-refractivity contribution < 1.29 is 17.5 Å². The van der Waals surface area contributed by atoms with Crippen LogP contribution in [0, 0.1) is 18.2 Å². The fraction of sp³-hybridized carbons (Fsp3) is 0.174. The molecule has 0 spiro atoms. The first-order valence-corrected chi connectivity index (χ1v) is 12.1. The van der Waals surface area contributed by atoms with E-state index in [0.29, 0.717) is 16.7 Å². The van der Waals surface area contributed by atoms with Crippen molar-refractivity contribution in [2.75, 3.05) is 13.4 Å². The number of methoxy groups -OCH3 is 1. The summed E-state index contributed by atoms with van der Waals surface area (Å²) in [7, 11) is -2.58. The minimum absolute atomic E-state index is 0.0853. The number of allylic oxidation sites excluding steroid dienone is 2. The fourth-order valence-corrected chi connectivity index (χ4v) is 4.94. The van der Waals surface area contributed by atoms with Crippen LogP contribution in [0.1, 0.15) is 18.1 Å². The Balaban J connectivity index is 2.20. The number of hydrogen-bond acceptors (Lipinski definition) is 5. The Morgan fingerprint density at radius 1 is 1.19 bits per heavy atom. The molecule has 0 amide bonds.